The number of aromatic nitrogens is 4. The number of H-pyrrole nitrogens is 1. The fourth-order valence-electron chi connectivity index (χ4n) is 3.61. The molecule has 1 aliphatic rings. The molecule has 0 saturated carbocycles. The SMILES string of the molecule is Cc1ccc(C2CCCN2Cc2nc3c([nH]2)c(=O)n(C)c(=O)n3C)o1. The first-order valence-corrected chi connectivity index (χ1v) is 8.40. The fourth-order valence-corrected chi connectivity index (χ4v) is 3.61. The van der Waals surface area contributed by atoms with Gasteiger partial charge in [0.25, 0.3) is 5.56 Å². The summed E-state index contributed by atoms with van der Waals surface area (Å²) in [5.41, 5.74) is 0.0361. The molecule has 0 aromatic carbocycles. The molecule has 8 nitrogen and oxygen atoms in total. The van der Waals surface area contributed by atoms with E-state index in [1.165, 1.54) is 11.6 Å². The molecule has 1 fully saturated rings. The number of likely N-dealkylation sites (tertiary alicyclic amines) is 1. The van der Waals surface area contributed by atoms with Gasteiger partial charge in [-0.05, 0) is 38.4 Å². The van der Waals surface area contributed by atoms with Crippen molar-refractivity contribution in [2.24, 2.45) is 14.1 Å². The van der Waals surface area contributed by atoms with Crippen LogP contribution in [-0.2, 0) is 20.6 Å². The van der Waals surface area contributed by atoms with Gasteiger partial charge in [-0.25, -0.2) is 9.78 Å². The van der Waals surface area contributed by atoms with Crippen LogP contribution >= 0.6 is 0 Å². The van der Waals surface area contributed by atoms with Crippen molar-refractivity contribution in [1.29, 1.82) is 0 Å². The zero-order valence-electron chi connectivity index (χ0n) is 14.6. The second-order valence-corrected chi connectivity index (χ2v) is 6.66. The van der Waals surface area contributed by atoms with E-state index < -0.39 is 0 Å². The molecule has 0 aliphatic carbocycles. The van der Waals surface area contributed by atoms with E-state index in [0.717, 1.165) is 35.5 Å². The van der Waals surface area contributed by atoms with E-state index in [4.69, 9.17) is 4.42 Å². The van der Waals surface area contributed by atoms with Crippen molar-refractivity contribution < 1.29 is 4.42 Å². The number of rotatable bonds is 3. The van der Waals surface area contributed by atoms with Crippen LogP contribution in [-0.4, -0.2) is 30.5 Å². The van der Waals surface area contributed by atoms with Gasteiger partial charge >= 0.3 is 5.69 Å². The summed E-state index contributed by atoms with van der Waals surface area (Å²) in [6, 6.07) is 4.22. The molecular formula is C17H21N5O3. The summed E-state index contributed by atoms with van der Waals surface area (Å²) in [5, 5.41) is 0. The summed E-state index contributed by atoms with van der Waals surface area (Å²) in [6.45, 7) is 3.47. The van der Waals surface area contributed by atoms with Crippen LogP contribution in [0, 0.1) is 6.92 Å². The highest BCUT2D eigenvalue weighted by atomic mass is 16.3. The van der Waals surface area contributed by atoms with Crippen LogP contribution < -0.4 is 11.2 Å². The van der Waals surface area contributed by atoms with Gasteiger partial charge in [0.2, 0.25) is 0 Å². The van der Waals surface area contributed by atoms with Crippen molar-refractivity contribution in [1.82, 2.24) is 24.0 Å². The second kappa shape index (κ2) is 5.73. The second-order valence-electron chi connectivity index (χ2n) is 6.66. The first-order valence-electron chi connectivity index (χ1n) is 8.40. The third-order valence-electron chi connectivity index (χ3n) is 4.95. The Hall–Kier alpha value is -2.61. The monoisotopic (exact) mass is 343 g/mol. The van der Waals surface area contributed by atoms with Gasteiger partial charge < -0.3 is 9.40 Å². The van der Waals surface area contributed by atoms with Crippen LogP contribution in [0.3, 0.4) is 0 Å². The van der Waals surface area contributed by atoms with E-state index >= 15 is 0 Å². The predicted molar refractivity (Wildman–Crippen MR) is 92.4 cm³/mol. The summed E-state index contributed by atoms with van der Waals surface area (Å²) < 4.78 is 8.28. The average molecular weight is 343 g/mol. The van der Waals surface area contributed by atoms with Crippen molar-refractivity contribution in [3.8, 4) is 0 Å². The Morgan fingerprint density at radius 1 is 1.28 bits per heavy atom. The molecule has 1 N–H and O–H groups in total. The molecule has 8 heteroatoms. The molecular weight excluding hydrogens is 322 g/mol. The molecule has 1 aliphatic heterocycles. The van der Waals surface area contributed by atoms with Crippen LogP contribution in [0.25, 0.3) is 11.2 Å². The third kappa shape index (κ3) is 2.53. The number of nitrogens with zero attached hydrogens (tertiary/aromatic N) is 4. The Kier molecular flexibility index (Phi) is 3.64. The lowest BCUT2D eigenvalue weighted by molar-refractivity contribution is 0.215. The molecule has 25 heavy (non-hydrogen) atoms. The van der Waals surface area contributed by atoms with E-state index in [1.807, 2.05) is 19.1 Å². The molecule has 3 aromatic rings. The van der Waals surface area contributed by atoms with Crippen LogP contribution in [0.1, 0.15) is 36.2 Å². The minimum atomic E-state index is -0.374. The maximum Gasteiger partial charge on any atom is 0.332 e. The van der Waals surface area contributed by atoms with E-state index in [-0.39, 0.29) is 17.3 Å². The molecule has 4 heterocycles. The number of imidazole rings is 1. The van der Waals surface area contributed by atoms with Crippen LogP contribution in [0.15, 0.2) is 26.1 Å². The lowest BCUT2D eigenvalue weighted by Gasteiger charge is -2.21. The average Bonchev–Trinajstić information content (AvgIpc) is 3.31. The first kappa shape index (κ1) is 15.9. The molecule has 1 atom stereocenters. The number of furan rings is 1. The highest BCUT2D eigenvalue weighted by Crippen LogP contribution is 2.33. The molecule has 4 rings (SSSR count). The van der Waals surface area contributed by atoms with Gasteiger partial charge in [0, 0.05) is 14.1 Å². The maximum absolute atomic E-state index is 12.3. The quantitative estimate of drug-likeness (QED) is 0.772. The number of hydrogen-bond acceptors (Lipinski definition) is 5. The Balaban J connectivity index is 1.69. The molecule has 0 bridgehead atoms. The molecule has 0 amide bonds. The standard InChI is InChI=1S/C17H21N5O3/c1-10-6-7-12(25-10)11-5-4-8-22(11)9-13-18-14-15(19-13)20(2)17(24)21(3)16(14)23/h6-7,11H,4-5,8-9H2,1-3H3,(H,18,19). The maximum atomic E-state index is 12.3. The lowest BCUT2D eigenvalue weighted by Crippen LogP contribution is -2.36. The molecule has 3 aromatic heterocycles. The summed E-state index contributed by atoms with van der Waals surface area (Å²) in [5.74, 6) is 2.56. The van der Waals surface area contributed by atoms with E-state index in [1.54, 1.807) is 7.05 Å². The van der Waals surface area contributed by atoms with E-state index in [2.05, 4.69) is 14.9 Å². The highest BCUT2D eigenvalue weighted by Gasteiger charge is 2.29. The number of aromatic amines is 1. The zero-order chi connectivity index (χ0) is 17.7. The van der Waals surface area contributed by atoms with Crippen LogP contribution in [0.4, 0.5) is 0 Å². The van der Waals surface area contributed by atoms with Crippen LogP contribution in [0.5, 0.6) is 0 Å². The molecule has 0 radical (unpaired) electrons. The minimum Gasteiger partial charge on any atom is -0.465 e. The predicted octanol–water partition coefficient (Wildman–Crippen LogP) is 1.20. The van der Waals surface area contributed by atoms with Crippen molar-refractivity contribution in [3.63, 3.8) is 0 Å². The Bertz CT molecular complexity index is 1050. The summed E-state index contributed by atoms with van der Waals surface area (Å²) in [6.07, 6.45) is 2.12. The minimum absolute atomic E-state index is 0.216. The van der Waals surface area contributed by atoms with Crippen molar-refractivity contribution >= 4 is 11.2 Å². The number of aryl methyl sites for hydroxylation is 2. The van der Waals surface area contributed by atoms with E-state index in [0.29, 0.717) is 23.5 Å². The Morgan fingerprint density at radius 3 is 2.80 bits per heavy atom. The lowest BCUT2D eigenvalue weighted by atomic mass is 10.1. The van der Waals surface area contributed by atoms with Gasteiger partial charge in [0.05, 0.1) is 12.6 Å². The smallest absolute Gasteiger partial charge is 0.332 e. The highest BCUT2D eigenvalue weighted by molar-refractivity contribution is 5.69. The number of hydrogen-bond donors (Lipinski definition) is 1. The summed E-state index contributed by atoms with van der Waals surface area (Å²) in [7, 11) is 3.10. The molecule has 0 spiro atoms. The van der Waals surface area contributed by atoms with Crippen LogP contribution in [0.2, 0.25) is 0 Å². The van der Waals surface area contributed by atoms with Crippen molar-refractivity contribution in [3.05, 3.63) is 50.3 Å². The van der Waals surface area contributed by atoms with Gasteiger partial charge in [0.15, 0.2) is 5.65 Å². The van der Waals surface area contributed by atoms with Gasteiger partial charge in [-0.3, -0.25) is 18.8 Å². The molecule has 132 valence electrons. The third-order valence-corrected chi connectivity index (χ3v) is 4.95. The number of fused-ring (bicyclic) bond motifs is 1. The van der Waals surface area contributed by atoms with Crippen molar-refractivity contribution in [2.45, 2.75) is 32.4 Å². The zero-order valence-corrected chi connectivity index (χ0v) is 14.6. The van der Waals surface area contributed by atoms with E-state index in [9.17, 15) is 9.59 Å². The normalized spacial score (nSPS) is 18.4. The summed E-state index contributed by atoms with van der Waals surface area (Å²) >= 11 is 0. The van der Waals surface area contributed by atoms with Crippen molar-refractivity contribution in [2.75, 3.05) is 6.54 Å². The topological polar surface area (TPSA) is 89.1 Å². The Labute approximate surface area is 143 Å². The van der Waals surface area contributed by atoms with Gasteiger partial charge in [0.1, 0.15) is 22.9 Å². The fraction of sp³-hybridized carbons (Fsp3) is 0.471. The van der Waals surface area contributed by atoms with Gasteiger partial charge in [-0.2, -0.15) is 0 Å². The largest absolute Gasteiger partial charge is 0.465 e. The van der Waals surface area contributed by atoms with Gasteiger partial charge in [-0.15, -0.1) is 0 Å². The Morgan fingerprint density at radius 2 is 2.08 bits per heavy atom. The number of nitrogens with one attached hydrogen (secondary N) is 1. The molecule has 1 saturated heterocycles. The summed E-state index contributed by atoms with van der Waals surface area (Å²) in [4.78, 5) is 34.2. The van der Waals surface area contributed by atoms with Gasteiger partial charge in [-0.1, -0.05) is 0 Å². The first-order chi connectivity index (χ1) is 12.0. The molecule has 1 unspecified atom stereocenters.